The second-order valence-electron chi connectivity index (χ2n) is 4.97. The zero-order valence-corrected chi connectivity index (χ0v) is 11.4. The number of hydrogen-bond donors (Lipinski definition) is 1. The van der Waals surface area contributed by atoms with Gasteiger partial charge in [0.2, 0.25) is 0 Å². The Hall–Kier alpha value is -0.160. The molecule has 4 nitrogen and oxygen atoms in total. The zero-order valence-electron chi connectivity index (χ0n) is 11.4. The van der Waals surface area contributed by atoms with E-state index in [-0.39, 0.29) is 0 Å². The molecule has 102 valence electrons. The van der Waals surface area contributed by atoms with Gasteiger partial charge in [0, 0.05) is 45.9 Å². The molecule has 17 heavy (non-hydrogen) atoms. The van der Waals surface area contributed by atoms with Gasteiger partial charge in [-0.1, -0.05) is 0 Å². The van der Waals surface area contributed by atoms with Crippen LogP contribution in [0.1, 0.15) is 26.2 Å². The molecule has 0 aliphatic carbocycles. The number of unbranched alkanes of at least 4 members (excludes halogenated alkanes) is 2. The van der Waals surface area contributed by atoms with Crippen molar-refractivity contribution in [2.45, 2.75) is 32.2 Å². The monoisotopic (exact) mass is 244 g/mol. The molecule has 1 unspecified atom stereocenters. The normalized spacial score (nSPS) is 20.6. The maximum Gasteiger partial charge on any atom is 0.0615 e. The van der Waals surface area contributed by atoms with Crippen molar-refractivity contribution in [3.63, 3.8) is 0 Å². The fraction of sp³-hybridized carbons (Fsp3) is 1.00. The molecule has 1 atom stereocenters. The van der Waals surface area contributed by atoms with Gasteiger partial charge < -0.3 is 14.7 Å². The van der Waals surface area contributed by atoms with Crippen LogP contribution >= 0.6 is 0 Å². The highest BCUT2D eigenvalue weighted by Gasteiger charge is 2.20. The molecule has 0 bridgehead atoms. The summed E-state index contributed by atoms with van der Waals surface area (Å²) in [4.78, 5) is 5.04. The number of aliphatic hydroxyl groups excluding tert-OH is 1. The summed E-state index contributed by atoms with van der Waals surface area (Å²) < 4.78 is 5.20. The zero-order chi connectivity index (χ0) is 12.5. The third-order valence-corrected chi connectivity index (χ3v) is 3.57. The molecule has 1 aliphatic rings. The second-order valence-corrected chi connectivity index (χ2v) is 4.97. The topological polar surface area (TPSA) is 35.9 Å². The van der Waals surface area contributed by atoms with E-state index in [0.717, 1.165) is 32.5 Å². The Morgan fingerprint density at radius 2 is 1.82 bits per heavy atom. The van der Waals surface area contributed by atoms with E-state index in [1.807, 2.05) is 0 Å². The molecular formula is C13H28N2O2. The summed E-state index contributed by atoms with van der Waals surface area (Å²) >= 11 is 0. The minimum atomic E-state index is 0.336. The van der Waals surface area contributed by atoms with Crippen molar-refractivity contribution in [1.29, 1.82) is 0 Å². The summed E-state index contributed by atoms with van der Waals surface area (Å²) in [6.45, 7) is 9.25. The fourth-order valence-corrected chi connectivity index (χ4v) is 2.40. The first-order valence-corrected chi connectivity index (χ1v) is 6.84. The Bertz CT molecular complexity index is 182. The third-order valence-electron chi connectivity index (χ3n) is 3.57. The van der Waals surface area contributed by atoms with Crippen molar-refractivity contribution >= 4 is 0 Å². The van der Waals surface area contributed by atoms with Gasteiger partial charge in [0.05, 0.1) is 6.61 Å². The molecule has 1 aliphatic heterocycles. The van der Waals surface area contributed by atoms with Crippen LogP contribution in [0.15, 0.2) is 0 Å². The third kappa shape index (κ3) is 5.82. The number of rotatable bonds is 8. The van der Waals surface area contributed by atoms with Crippen LogP contribution in [0.25, 0.3) is 0 Å². The van der Waals surface area contributed by atoms with Gasteiger partial charge >= 0.3 is 0 Å². The van der Waals surface area contributed by atoms with E-state index >= 15 is 0 Å². The van der Waals surface area contributed by atoms with Gasteiger partial charge in [-0.2, -0.15) is 0 Å². The molecular weight excluding hydrogens is 216 g/mol. The molecule has 1 heterocycles. The fourth-order valence-electron chi connectivity index (χ4n) is 2.40. The smallest absolute Gasteiger partial charge is 0.0615 e. The summed E-state index contributed by atoms with van der Waals surface area (Å²) in [5.74, 6) is 0. The number of nitrogens with zero attached hydrogens (tertiary/aromatic N) is 2. The highest BCUT2D eigenvalue weighted by atomic mass is 16.5. The van der Waals surface area contributed by atoms with Crippen LogP contribution in [0.2, 0.25) is 0 Å². The molecule has 0 spiro atoms. The lowest BCUT2D eigenvalue weighted by Crippen LogP contribution is -2.50. The molecule has 4 heteroatoms. The quantitative estimate of drug-likeness (QED) is 0.641. The summed E-state index contributed by atoms with van der Waals surface area (Å²) in [6.07, 6.45) is 3.32. The van der Waals surface area contributed by atoms with Gasteiger partial charge in [0.25, 0.3) is 0 Å². The predicted molar refractivity (Wildman–Crippen MR) is 70.3 cm³/mol. The Kier molecular flexibility index (Phi) is 7.77. The lowest BCUT2D eigenvalue weighted by atomic mass is 10.2. The summed E-state index contributed by atoms with van der Waals surface area (Å²) in [6, 6.07) is 0.538. The van der Waals surface area contributed by atoms with Crippen molar-refractivity contribution in [3.05, 3.63) is 0 Å². The number of hydrogen-bond acceptors (Lipinski definition) is 4. The first-order valence-electron chi connectivity index (χ1n) is 6.84. The van der Waals surface area contributed by atoms with Crippen molar-refractivity contribution in [1.82, 2.24) is 9.80 Å². The number of aliphatic hydroxyl groups is 1. The van der Waals surface area contributed by atoms with Gasteiger partial charge in [0.1, 0.15) is 0 Å². The van der Waals surface area contributed by atoms with E-state index in [1.54, 1.807) is 7.11 Å². The minimum absolute atomic E-state index is 0.336. The summed E-state index contributed by atoms with van der Waals surface area (Å²) in [7, 11) is 1.77. The summed E-state index contributed by atoms with van der Waals surface area (Å²) in [5.41, 5.74) is 0. The standard InChI is InChI=1S/C13H28N2O2/c1-13(12-17-2)15-9-7-14(8-10-15)6-4-3-5-11-16/h13,16H,3-12H2,1-2H3. The Balaban J connectivity index is 2.08. The number of ether oxygens (including phenoxy) is 1. The number of piperazine rings is 1. The van der Waals surface area contributed by atoms with E-state index in [9.17, 15) is 0 Å². The van der Waals surface area contributed by atoms with Gasteiger partial charge in [0.15, 0.2) is 0 Å². The van der Waals surface area contributed by atoms with Gasteiger partial charge in [-0.15, -0.1) is 0 Å². The molecule has 0 saturated carbocycles. The van der Waals surface area contributed by atoms with Crippen LogP contribution in [0.4, 0.5) is 0 Å². The molecule has 1 rings (SSSR count). The summed E-state index contributed by atoms with van der Waals surface area (Å²) in [5, 5.41) is 8.72. The van der Waals surface area contributed by atoms with Crippen molar-refractivity contribution < 1.29 is 9.84 Å². The lowest BCUT2D eigenvalue weighted by Gasteiger charge is -2.37. The first kappa shape index (κ1) is 14.9. The number of methoxy groups -OCH3 is 1. The molecule has 1 saturated heterocycles. The van der Waals surface area contributed by atoms with Crippen molar-refractivity contribution in [2.75, 3.05) is 53.0 Å². The Labute approximate surface area is 106 Å². The average Bonchev–Trinajstić information content (AvgIpc) is 2.36. The minimum Gasteiger partial charge on any atom is -0.396 e. The van der Waals surface area contributed by atoms with Crippen LogP contribution in [0.5, 0.6) is 0 Å². The molecule has 0 aromatic carbocycles. The van der Waals surface area contributed by atoms with Crippen LogP contribution in [-0.2, 0) is 4.74 Å². The lowest BCUT2D eigenvalue weighted by molar-refractivity contribution is 0.0567. The van der Waals surface area contributed by atoms with Crippen LogP contribution < -0.4 is 0 Å². The van der Waals surface area contributed by atoms with Crippen LogP contribution in [-0.4, -0.2) is 74.0 Å². The van der Waals surface area contributed by atoms with Gasteiger partial charge in [-0.25, -0.2) is 0 Å². The Morgan fingerprint density at radius 3 is 2.41 bits per heavy atom. The molecule has 1 fully saturated rings. The average molecular weight is 244 g/mol. The SMILES string of the molecule is COCC(C)N1CCN(CCCCCO)CC1. The highest BCUT2D eigenvalue weighted by Crippen LogP contribution is 2.08. The van der Waals surface area contributed by atoms with Crippen LogP contribution in [0, 0.1) is 0 Å². The first-order chi connectivity index (χ1) is 8.27. The molecule has 0 amide bonds. The Morgan fingerprint density at radius 1 is 1.12 bits per heavy atom. The van der Waals surface area contributed by atoms with E-state index < -0.39 is 0 Å². The second kappa shape index (κ2) is 8.86. The molecule has 0 aromatic heterocycles. The highest BCUT2D eigenvalue weighted by molar-refractivity contribution is 4.75. The molecule has 0 aromatic rings. The van der Waals surface area contributed by atoms with E-state index in [0.29, 0.717) is 12.6 Å². The van der Waals surface area contributed by atoms with Crippen molar-refractivity contribution in [3.8, 4) is 0 Å². The maximum absolute atomic E-state index is 8.72. The maximum atomic E-state index is 8.72. The predicted octanol–water partition coefficient (Wildman–Crippen LogP) is 0.802. The van der Waals surface area contributed by atoms with Crippen molar-refractivity contribution in [2.24, 2.45) is 0 Å². The molecule has 0 radical (unpaired) electrons. The van der Waals surface area contributed by atoms with E-state index in [4.69, 9.17) is 9.84 Å². The van der Waals surface area contributed by atoms with Gasteiger partial charge in [-0.3, -0.25) is 4.90 Å². The molecule has 1 N–H and O–H groups in total. The van der Waals surface area contributed by atoms with Gasteiger partial charge in [-0.05, 0) is 32.7 Å². The van der Waals surface area contributed by atoms with E-state index in [1.165, 1.54) is 26.1 Å². The largest absolute Gasteiger partial charge is 0.396 e. The van der Waals surface area contributed by atoms with Crippen LogP contribution in [0.3, 0.4) is 0 Å². The van der Waals surface area contributed by atoms with E-state index in [2.05, 4.69) is 16.7 Å².